The number of hydrogen-bond donors (Lipinski definition) is 0. The van der Waals surface area contributed by atoms with Crippen LogP contribution in [0, 0.1) is 11.8 Å². The van der Waals surface area contributed by atoms with Crippen LogP contribution in [-0.4, -0.2) is 61.2 Å². The summed E-state index contributed by atoms with van der Waals surface area (Å²) in [6.45, 7) is 3.37. The van der Waals surface area contributed by atoms with Gasteiger partial charge in [0.1, 0.15) is 11.5 Å². The van der Waals surface area contributed by atoms with Crippen molar-refractivity contribution in [3.8, 4) is 11.5 Å². The average Bonchev–Trinajstić information content (AvgIpc) is 2.87. The summed E-state index contributed by atoms with van der Waals surface area (Å²) in [7, 11) is 3.37. The molecule has 1 aromatic carbocycles. The van der Waals surface area contributed by atoms with E-state index in [1.54, 1.807) is 26.6 Å². The number of hydrogen-bond acceptors (Lipinski definition) is 6. The van der Waals surface area contributed by atoms with Crippen molar-refractivity contribution >= 4 is 11.9 Å². The molecule has 1 atom stereocenters. The van der Waals surface area contributed by atoms with Crippen LogP contribution in [0.1, 0.15) is 37.7 Å². The molecule has 2 saturated heterocycles. The van der Waals surface area contributed by atoms with Crippen molar-refractivity contribution in [2.24, 2.45) is 11.8 Å². The smallest absolute Gasteiger partial charge is 0.227 e. The topological polar surface area (TPSA) is 67.8 Å². The van der Waals surface area contributed by atoms with Crippen molar-refractivity contribution in [3.05, 3.63) is 42.2 Å². The van der Waals surface area contributed by atoms with E-state index in [1.165, 1.54) is 5.56 Å². The lowest BCUT2D eigenvalue weighted by Crippen LogP contribution is -2.47. The van der Waals surface area contributed by atoms with Gasteiger partial charge in [-0.05, 0) is 68.2 Å². The molecule has 2 aliphatic rings. The van der Waals surface area contributed by atoms with Crippen LogP contribution < -0.4 is 14.4 Å². The van der Waals surface area contributed by atoms with Gasteiger partial charge in [0.25, 0.3) is 0 Å². The van der Waals surface area contributed by atoms with E-state index < -0.39 is 0 Å². The lowest BCUT2D eigenvalue weighted by Gasteiger charge is -2.38. The van der Waals surface area contributed by atoms with Gasteiger partial charge in [0, 0.05) is 44.6 Å². The maximum atomic E-state index is 13.2. The molecule has 3 heterocycles. The maximum Gasteiger partial charge on any atom is 0.227 e. The Kier molecular flexibility index (Phi) is 7.45. The first-order chi connectivity index (χ1) is 15.7. The van der Waals surface area contributed by atoms with Crippen molar-refractivity contribution in [3.63, 3.8) is 0 Å². The Morgan fingerprint density at radius 3 is 2.34 bits per heavy atom. The second-order valence-corrected chi connectivity index (χ2v) is 8.86. The summed E-state index contributed by atoms with van der Waals surface area (Å²) in [6.07, 6.45) is 9.77. The number of likely N-dealkylation sites (tertiary alicyclic amines) is 1. The monoisotopic (exact) mass is 438 g/mol. The predicted molar refractivity (Wildman–Crippen MR) is 124 cm³/mol. The average molecular weight is 439 g/mol. The molecule has 0 spiro atoms. The second kappa shape index (κ2) is 10.7. The molecule has 4 rings (SSSR count). The molecule has 7 heteroatoms. The third kappa shape index (κ3) is 5.50. The Balaban J connectivity index is 1.26. The Morgan fingerprint density at radius 2 is 1.69 bits per heavy atom. The van der Waals surface area contributed by atoms with Crippen molar-refractivity contribution in [1.29, 1.82) is 0 Å². The number of ether oxygens (including phenoxy) is 2. The van der Waals surface area contributed by atoms with Gasteiger partial charge >= 0.3 is 0 Å². The molecular weight excluding hydrogens is 404 g/mol. The van der Waals surface area contributed by atoms with Gasteiger partial charge in [0.05, 0.1) is 20.1 Å². The molecule has 7 nitrogen and oxygen atoms in total. The van der Waals surface area contributed by atoms with Gasteiger partial charge in [-0.3, -0.25) is 4.79 Å². The van der Waals surface area contributed by atoms with Crippen molar-refractivity contribution in [2.75, 3.05) is 45.3 Å². The van der Waals surface area contributed by atoms with E-state index in [-0.39, 0.29) is 5.92 Å². The van der Waals surface area contributed by atoms with E-state index >= 15 is 0 Å². The summed E-state index contributed by atoms with van der Waals surface area (Å²) in [5.74, 6) is 3.41. The summed E-state index contributed by atoms with van der Waals surface area (Å²) in [5.41, 5.74) is 1.24. The van der Waals surface area contributed by atoms with Crippen LogP contribution in [0.2, 0.25) is 0 Å². The minimum Gasteiger partial charge on any atom is -0.497 e. The highest BCUT2D eigenvalue weighted by Crippen LogP contribution is 2.28. The van der Waals surface area contributed by atoms with E-state index in [2.05, 4.69) is 31.9 Å². The molecule has 32 heavy (non-hydrogen) atoms. The molecular formula is C25H34N4O3. The summed E-state index contributed by atoms with van der Waals surface area (Å²) < 4.78 is 10.8. The summed E-state index contributed by atoms with van der Waals surface area (Å²) in [6, 6.07) is 7.91. The standard InChI is InChI=1S/C25H34N4O3/c1-31-22-15-20(16-23(17-22)32-2)7-6-19-8-13-28(14-9-19)24(30)21-5-3-12-29(18-21)25-26-10-4-11-27-25/h4,10-11,15-17,19,21H,3,5-9,12-14,18H2,1-2H3/t21-/m1/s1. The molecule has 2 fully saturated rings. The zero-order chi connectivity index (χ0) is 22.3. The highest BCUT2D eigenvalue weighted by atomic mass is 16.5. The largest absolute Gasteiger partial charge is 0.497 e. The maximum absolute atomic E-state index is 13.2. The van der Waals surface area contributed by atoms with Crippen molar-refractivity contribution < 1.29 is 14.3 Å². The van der Waals surface area contributed by atoms with E-state index in [9.17, 15) is 4.79 Å². The molecule has 0 N–H and O–H groups in total. The van der Waals surface area contributed by atoms with Crippen molar-refractivity contribution in [2.45, 2.75) is 38.5 Å². The number of benzene rings is 1. The third-order valence-electron chi connectivity index (χ3n) is 6.78. The SMILES string of the molecule is COc1cc(CCC2CCN(C(=O)[C@@H]3CCCN(c4ncccn4)C3)CC2)cc(OC)c1. The zero-order valence-corrected chi connectivity index (χ0v) is 19.2. The molecule has 0 unspecified atom stereocenters. The number of rotatable bonds is 7. The number of carbonyl (C=O) groups is 1. The van der Waals surface area contributed by atoms with Crippen LogP contribution in [0.5, 0.6) is 11.5 Å². The van der Waals surface area contributed by atoms with Gasteiger partial charge in [-0.1, -0.05) is 0 Å². The third-order valence-corrected chi connectivity index (χ3v) is 6.78. The van der Waals surface area contributed by atoms with Crippen LogP contribution in [-0.2, 0) is 11.2 Å². The lowest BCUT2D eigenvalue weighted by molar-refractivity contribution is -0.137. The first-order valence-corrected chi connectivity index (χ1v) is 11.7. The van der Waals surface area contributed by atoms with Gasteiger partial charge < -0.3 is 19.3 Å². The van der Waals surface area contributed by atoms with E-state index in [0.717, 1.165) is 82.2 Å². The fraction of sp³-hybridized carbons (Fsp3) is 0.560. The summed E-state index contributed by atoms with van der Waals surface area (Å²) >= 11 is 0. The van der Waals surface area contributed by atoms with Gasteiger partial charge in [-0.15, -0.1) is 0 Å². The minimum absolute atomic E-state index is 0.0494. The molecule has 2 aliphatic heterocycles. The molecule has 0 aliphatic carbocycles. The lowest BCUT2D eigenvalue weighted by atomic mass is 9.89. The van der Waals surface area contributed by atoms with Crippen LogP contribution in [0.15, 0.2) is 36.7 Å². The molecule has 0 radical (unpaired) electrons. The minimum atomic E-state index is 0.0494. The van der Waals surface area contributed by atoms with Gasteiger partial charge in [0.2, 0.25) is 11.9 Å². The number of anilines is 1. The Morgan fingerprint density at radius 1 is 1.00 bits per heavy atom. The van der Waals surface area contributed by atoms with Crippen LogP contribution in [0.3, 0.4) is 0 Å². The van der Waals surface area contributed by atoms with Gasteiger partial charge in [-0.2, -0.15) is 0 Å². The normalized spacial score (nSPS) is 19.6. The quantitative estimate of drug-likeness (QED) is 0.658. The molecule has 0 saturated carbocycles. The number of nitrogens with zero attached hydrogens (tertiary/aromatic N) is 4. The summed E-state index contributed by atoms with van der Waals surface area (Å²) in [5, 5.41) is 0. The Hall–Kier alpha value is -2.83. The van der Waals surface area contributed by atoms with Gasteiger partial charge in [0.15, 0.2) is 0 Å². The zero-order valence-electron chi connectivity index (χ0n) is 19.2. The predicted octanol–water partition coefficient (Wildman–Crippen LogP) is 3.58. The number of aromatic nitrogens is 2. The van der Waals surface area contributed by atoms with E-state index in [4.69, 9.17) is 9.47 Å². The highest BCUT2D eigenvalue weighted by molar-refractivity contribution is 5.79. The number of methoxy groups -OCH3 is 2. The Labute approximate surface area is 190 Å². The fourth-order valence-electron chi connectivity index (χ4n) is 4.90. The number of carbonyl (C=O) groups excluding carboxylic acids is 1. The van der Waals surface area contributed by atoms with Crippen LogP contribution in [0.4, 0.5) is 5.95 Å². The van der Waals surface area contributed by atoms with Gasteiger partial charge in [-0.25, -0.2) is 9.97 Å². The molecule has 1 aromatic heterocycles. The Bertz CT molecular complexity index is 862. The fourth-order valence-corrected chi connectivity index (χ4v) is 4.90. The molecule has 1 amide bonds. The van der Waals surface area contributed by atoms with E-state index in [0.29, 0.717) is 11.8 Å². The number of aryl methyl sites for hydroxylation is 1. The summed E-state index contributed by atoms with van der Waals surface area (Å²) in [4.78, 5) is 26.2. The molecule has 0 bridgehead atoms. The number of piperidine rings is 2. The first kappa shape index (κ1) is 22.4. The van der Waals surface area contributed by atoms with E-state index in [1.807, 2.05) is 12.1 Å². The molecule has 2 aromatic rings. The second-order valence-electron chi connectivity index (χ2n) is 8.86. The molecule has 172 valence electrons. The first-order valence-electron chi connectivity index (χ1n) is 11.7. The van der Waals surface area contributed by atoms with Crippen LogP contribution in [0.25, 0.3) is 0 Å². The van der Waals surface area contributed by atoms with Crippen LogP contribution >= 0.6 is 0 Å². The highest BCUT2D eigenvalue weighted by Gasteiger charge is 2.32. The number of amides is 1. The van der Waals surface area contributed by atoms with Crippen molar-refractivity contribution in [1.82, 2.24) is 14.9 Å².